The molecule has 4 aromatic rings. The Morgan fingerprint density at radius 3 is 2.41 bits per heavy atom. The van der Waals surface area contributed by atoms with Gasteiger partial charge < -0.3 is 15.5 Å². The molecule has 3 amide bonds. The van der Waals surface area contributed by atoms with Crippen LogP contribution in [0.5, 0.6) is 11.5 Å². The first kappa shape index (κ1) is 30.5. The fraction of sp³-hybridized carbons (Fsp3) is 0.312. The predicted octanol–water partition coefficient (Wildman–Crippen LogP) is 6.60. The van der Waals surface area contributed by atoms with Crippen molar-refractivity contribution in [2.75, 3.05) is 13.1 Å². The molecule has 1 aliphatic carbocycles. The number of aromatic amines is 1. The number of halogens is 2. The summed E-state index contributed by atoms with van der Waals surface area (Å²) in [4.78, 5) is 32.0. The zero-order valence-electron chi connectivity index (χ0n) is 23.8. The summed E-state index contributed by atoms with van der Waals surface area (Å²) in [7, 11) is -4.42. The molecule has 1 aliphatic heterocycles. The number of ether oxygens (including phenoxy) is 1. The highest BCUT2D eigenvalue weighted by atomic mass is 35.5. The first-order valence-electron chi connectivity index (χ1n) is 14.5. The summed E-state index contributed by atoms with van der Waals surface area (Å²) in [5.74, 6) is 0.657. The second-order valence-corrected chi connectivity index (χ2v) is 14.0. The minimum atomic E-state index is -4.42. The van der Waals surface area contributed by atoms with Crippen LogP contribution in [0.15, 0.2) is 77.8 Å². The second-order valence-electron chi connectivity index (χ2n) is 11.4. The normalized spacial score (nSPS) is 20.9. The lowest BCUT2D eigenvalue weighted by molar-refractivity contribution is -0.128. The van der Waals surface area contributed by atoms with E-state index in [0.717, 1.165) is 51.4 Å². The lowest BCUT2D eigenvalue weighted by Gasteiger charge is -2.30. The summed E-state index contributed by atoms with van der Waals surface area (Å²) in [6.07, 6.45) is 5.43. The van der Waals surface area contributed by atoms with Gasteiger partial charge in [0, 0.05) is 36.1 Å². The van der Waals surface area contributed by atoms with Crippen LogP contribution in [0.4, 0.5) is 4.79 Å². The van der Waals surface area contributed by atoms with E-state index in [4.69, 9.17) is 33.7 Å². The lowest BCUT2D eigenvalue weighted by atomic mass is 9.81. The molecule has 0 bridgehead atoms. The van der Waals surface area contributed by atoms with Crippen molar-refractivity contribution >= 4 is 56.1 Å². The summed E-state index contributed by atoms with van der Waals surface area (Å²) in [6.45, 7) is 0.716. The zero-order valence-corrected chi connectivity index (χ0v) is 26.1. The van der Waals surface area contributed by atoms with E-state index in [9.17, 15) is 18.0 Å². The molecule has 2 aliphatic rings. The number of para-hydroxylation sites is 1. The van der Waals surface area contributed by atoms with Crippen molar-refractivity contribution in [2.24, 2.45) is 17.6 Å². The molecule has 1 aromatic heterocycles. The highest BCUT2D eigenvalue weighted by Gasteiger charge is 2.52. The third-order valence-corrected chi connectivity index (χ3v) is 11.1. The second kappa shape index (κ2) is 12.4. The van der Waals surface area contributed by atoms with Crippen LogP contribution in [0.25, 0.3) is 10.9 Å². The Balaban J connectivity index is 1.30. The van der Waals surface area contributed by atoms with Crippen molar-refractivity contribution in [3.05, 3.63) is 88.5 Å². The topological polar surface area (TPSA) is 126 Å². The highest BCUT2D eigenvalue weighted by molar-refractivity contribution is 7.89. The number of benzene rings is 3. The van der Waals surface area contributed by atoms with Crippen LogP contribution in [0.1, 0.15) is 31.2 Å². The summed E-state index contributed by atoms with van der Waals surface area (Å²) < 4.78 is 34.8. The van der Waals surface area contributed by atoms with Crippen LogP contribution >= 0.6 is 23.2 Å². The smallest absolute Gasteiger partial charge is 0.341 e. The standard InChI is InChI=1S/C32H32Cl2N4O5S/c33-27-13-10-24(16-28(27)34)43-23-8-11-25(12-9-23)44(41,42)38-30(15-22-18-36-29-7-2-1-6-26(22)29)31(39)37(32(38)40)19-21-5-3-4-20(14-21)17-35/h1-2,6-13,16,18,20-21,30,36H,3-5,14-15,17,19,35H2. The van der Waals surface area contributed by atoms with Gasteiger partial charge in [-0.15, -0.1) is 0 Å². The zero-order chi connectivity index (χ0) is 31.0. The Bertz CT molecular complexity index is 1810. The number of sulfonamides is 1. The molecule has 3 atom stereocenters. The van der Waals surface area contributed by atoms with Crippen molar-refractivity contribution in [3.8, 4) is 11.5 Å². The molecule has 230 valence electrons. The Morgan fingerprint density at radius 1 is 0.932 bits per heavy atom. The van der Waals surface area contributed by atoms with Crippen LogP contribution in [0.3, 0.4) is 0 Å². The number of nitrogens with two attached hydrogens (primary N) is 1. The minimum absolute atomic E-state index is 0.0406. The van der Waals surface area contributed by atoms with Crippen LogP contribution in [0, 0.1) is 11.8 Å². The minimum Gasteiger partial charge on any atom is -0.457 e. The number of H-pyrrole nitrogens is 1. The van der Waals surface area contributed by atoms with Gasteiger partial charge in [0.25, 0.3) is 15.9 Å². The average Bonchev–Trinajstić information content (AvgIpc) is 3.53. The predicted molar refractivity (Wildman–Crippen MR) is 169 cm³/mol. The number of nitrogens with one attached hydrogen (secondary N) is 1. The van der Waals surface area contributed by atoms with E-state index >= 15 is 0 Å². The molecule has 0 spiro atoms. The van der Waals surface area contributed by atoms with E-state index < -0.39 is 28.0 Å². The van der Waals surface area contributed by atoms with Gasteiger partial charge in [0.15, 0.2) is 0 Å². The number of hydrogen-bond acceptors (Lipinski definition) is 6. The number of urea groups is 1. The number of hydrogen-bond donors (Lipinski definition) is 2. The Kier molecular flexibility index (Phi) is 8.61. The maximum atomic E-state index is 14.1. The molecule has 2 heterocycles. The van der Waals surface area contributed by atoms with Crippen molar-refractivity contribution in [2.45, 2.75) is 43.0 Å². The first-order valence-corrected chi connectivity index (χ1v) is 16.7. The summed E-state index contributed by atoms with van der Waals surface area (Å²) in [6, 6.07) is 16.0. The van der Waals surface area contributed by atoms with Crippen molar-refractivity contribution in [1.29, 1.82) is 0 Å². The summed E-state index contributed by atoms with van der Waals surface area (Å²) in [5, 5.41) is 1.56. The number of fused-ring (bicyclic) bond motifs is 1. The van der Waals surface area contributed by atoms with Gasteiger partial charge in [0.2, 0.25) is 0 Å². The molecule has 6 rings (SSSR count). The van der Waals surface area contributed by atoms with Gasteiger partial charge in [-0.2, -0.15) is 0 Å². The van der Waals surface area contributed by atoms with E-state index in [1.165, 1.54) is 24.3 Å². The third kappa shape index (κ3) is 5.91. The van der Waals surface area contributed by atoms with Gasteiger partial charge in [-0.05, 0) is 85.7 Å². The SMILES string of the molecule is NCC1CCCC(CN2C(=O)C(Cc3c[nH]c4ccccc34)N(S(=O)(=O)c3ccc(Oc4ccc(Cl)c(Cl)c4)cc3)C2=O)C1. The fourth-order valence-corrected chi connectivity index (χ4v) is 8.05. The number of carbonyl (C=O) groups excluding carboxylic acids is 2. The van der Waals surface area contributed by atoms with Gasteiger partial charge in [-0.25, -0.2) is 17.5 Å². The van der Waals surface area contributed by atoms with E-state index in [-0.39, 0.29) is 23.8 Å². The number of imide groups is 1. The Hall–Kier alpha value is -3.57. The van der Waals surface area contributed by atoms with Crippen molar-refractivity contribution < 1.29 is 22.7 Å². The van der Waals surface area contributed by atoms with Crippen molar-refractivity contribution in [3.63, 3.8) is 0 Å². The van der Waals surface area contributed by atoms with Gasteiger partial charge in [-0.3, -0.25) is 9.69 Å². The average molecular weight is 656 g/mol. The highest BCUT2D eigenvalue weighted by Crippen LogP contribution is 2.35. The third-order valence-electron chi connectivity index (χ3n) is 8.51. The largest absolute Gasteiger partial charge is 0.457 e. The molecule has 44 heavy (non-hydrogen) atoms. The van der Waals surface area contributed by atoms with Gasteiger partial charge in [0.1, 0.15) is 17.5 Å². The fourth-order valence-electron chi connectivity index (χ4n) is 6.25. The molecule has 3 aromatic carbocycles. The Morgan fingerprint density at radius 2 is 1.66 bits per heavy atom. The first-order chi connectivity index (χ1) is 21.2. The van der Waals surface area contributed by atoms with Crippen LogP contribution in [-0.2, 0) is 21.2 Å². The molecule has 9 nitrogen and oxygen atoms in total. The van der Waals surface area contributed by atoms with Crippen LogP contribution in [-0.4, -0.2) is 53.7 Å². The van der Waals surface area contributed by atoms with E-state index in [1.807, 2.05) is 24.3 Å². The molecule has 0 radical (unpaired) electrons. The maximum absolute atomic E-state index is 14.1. The number of amides is 3. The number of rotatable bonds is 9. The van der Waals surface area contributed by atoms with E-state index in [2.05, 4.69) is 4.98 Å². The van der Waals surface area contributed by atoms with Gasteiger partial charge >= 0.3 is 6.03 Å². The molecule has 2 fully saturated rings. The van der Waals surface area contributed by atoms with Gasteiger partial charge in [0.05, 0.1) is 14.9 Å². The molecule has 1 saturated carbocycles. The summed E-state index contributed by atoms with van der Waals surface area (Å²) >= 11 is 12.1. The number of aromatic nitrogens is 1. The molecule has 3 N–H and O–H groups in total. The molecule has 3 unspecified atom stereocenters. The molecule has 12 heteroatoms. The van der Waals surface area contributed by atoms with Gasteiger partial charge in [-0.1, -0.05) is 47.8 Å². The molecular weight excluding hydrogens is 623 g/mol. The Labute approximate surface area is 265 Å². The lowest BCUT2D eigenvalue weighted by Crippen LogP contribution is -2.41. The van der Waals surface area contributed by atoms with Crippen molar-refractivity contribution in [1.82, 2.24) is 14.2 Å². The maximum Gasteiger partial charge on any atom is 0.341 e. The molecule has 1 saturated heterocycles. The van der Waals surface area contributed by atoms with Crippen LogP contribution in [0.2, 0.25) is 10.0 Å². The monoisotopic (exact) mass is 654 g/mol. The van der Waals surface area contributed by atoms with E-state index in [0.29, 0.717) is 34.0 Å². The number of nitrogens with zero attached hydrogens (tertiary/aromatic N) is 2. The van der Waals surface area contributed by atoms with E-state index in [1.54, 1.807) is 24.4 Å². The quantitative estimate of drug-likeness (QED) is 0.196. The number of carbonyl (C=O) groups is 2. The molecular formula is C32H32Cl2N4O5S. The van der Waals surface area contributed by atoms with Crippen LogP contribution < -0.4 is 10.5 Å². The summed E-state index contributed by atoms with van der Waals surface area (Å²) in [5.41, 5.74) is 7.53.